The Balaban J connectivity index is 2.00. The van der Waals surface area contributed by atoms with Gasteiger partial charge in [-0.2, -0.15) is 0 Å². The van der Waals surface area contributed by atoms with Crippen LogP contribution in [0.5, 0.6) is 0 Å². The molecule has 0 amide bonds. The van der Waals surface area contributed by atoms with Crippen molar-refractivity contribution in [2.45, 2.75) is 39.2 Å². The first kappa shape index (κ1) is 13.5. The van der Waals surface area contributed by atoms with Crippen LogP contribution in [0, 0.1) is 5.41 Å². The van der Waals surface area contributed by atoms with Crippen molar-refractivity contribution in [1.82, 2.24) is 9.88 Å². The number of hydrogen-bond acceptors (Lipinski definition) is 4. The van der Waals surface area contributed by atoms with Crippen molar-refractivity contribution in [3.05, 3.63) is 16.6 Å². The van der Waals surface area contributed by atoms with Crippen LogP contribution in [-0.2, 0) is 4.79 Å². The maximum atomic E-state index is 11.4. The van der Waals surface area contributed by atoms with Crippen molar-refractivity contribution >= 4 is 17.3 Å². The topological polar surface area (TPSA) is 53.4 Å². The molecular formula is C13H20N2O2S. The summed E-state index contributed by atoms with van der Waals surface area (Å²) in [5.74, 6) is -0.630. The number of nitrogens with zero attached hydrogens (tertiary/aromatic N) is 2. The summed E-state index contributed by atoms with van der Waals surface area (Å²) in [5.41, 5.74) is 1.35. The summed E-state index contributed by atoms with van der Waals surface area (Å²) in [6, 6.07) is 0.348. The summed E-state index contributed by atoms with van der Waals surface area (Å²) in [4.78, 5) is 19.1. The Labute approximate surface area is 112 Å². The molecule has 1 atom stereocenters. The van der Waals surface area contributed by atoms with Crippen molar-refractivity contribution in [2.75, 3.05) is 13.1 Å². The van der Waals surface area contributed by atoms with Crippen molar-refractivity contribution in [1.29, 1.82) is 0 Å². The number of hydrogen-bond donors (Lipinski definition) is 1. The molecule has 1 aliphatic rings. The number of aromatic nitrogens is 1. The molecule has 1 N–H and O–H groups in total. The molecule has 0 spiro atoms. The van der Waals surface area contributed by atoms with Crippen molar-refractivity contribution < 1.29 is 9.90 Å². The van der Waals surface area contributed by atoms with Gasteiger partial charge in [-0.15, -0.1) is 11.3 Å². The SMILES string of the molecule is CCC1(C(=O)O)CCN(C(C)c2cncs2)CC1. The fourth-order valence-corrected chi connectivity index (χ4v) is 3.38. The van der Waals surface area contributed by atoms with Gasteiger partial charge in [0, 0.05) is 17.1 Å². The number of carboxylic acid groups (broad SMARTS) is 1. The predicted molar refractivity (Wildman–Crippen MR) is 71.7 cm³/mol. The molecule has 4 nitrogen and oxygen atoms in total. The third kappa shape index (κ3) is 2.42. The molecule has 2 heterocycles. The molecule has 100 valence electrons. The third-order valence-corrected chi connectivity index (χ3v) is 5.24. The van der Waals surface area contributed by atoms with Crippen LogP contribution in [0.25, 0.3) is 0 Å². The van der Waals surface area contributed by atoms with E-state index in [1.54, 1.807) is 11.3 Å². The molecule has 1 aliphatic heterocycles. The average Bonchev–Trinajstić information content (AvgIpc) is 2.91. The highest BCUT2D eigenvalue weighted by Crippen LogP contribution is 2.38. The second-order valence-corrected chi connectivity index (χ2v) is 5.97. The first-order valence-electron chi connectivity index (χ1n) is 6.45. The van der Waals surface area contributed by atoms with Crippen LogP contribution < -0.4 is 0 Å². The van der Waals surface area contributed by atoms with E-state index in [0.29, 0.717) is 6.04 Å². The molecular weight excluding hydrogens is 248 g/mol. The lowest BCUT2D eigenvalue weighted by Crippen LogP contribution is -2.44. The number of piperidine rings is 1. The number of aliphatic carboxylic acids is 1. The monoisotopic (exact) mass is 268 g/mol. The molecule has 1 unspecified atom stereocenters. The second kappa shape index (κ2) is 5.36. The van der Waals surface area contributed by atoms with Crippen LogP contribution in [0.1, 0.15) is 44.0 Å². The molecule has 1 saturated heterocycles. The van der Waals surface area contributed by atoms with Crippen molar-refractivity contribution in [2.24, 2.45) is 5.41 Å². The highest BCUT2D eigenvalue weighted by Gasteiger charge is 2.40. The summed E-state index contributed by atoms with van der Waals surface area (Å²) in [6.07, 6.45) is 4.14. The van der Waals surface area contributed by atoms with E-state index in [-0.39, 0.29) is 0 Å². The number of carboxylic acids is 1. The normalized spacial score (nSPS) is 21.7. The Morgan fingerprint density at radius 3 is 2.72 bits per heavy atom. The van der Waals surface area contributed by atoms with E-state index in [9.17, 15) is 9.90 Å². The van der Waals surface area contributed by atoms with Gasteiger partial charge < -0.3 is 5.11 Å². The molecule has 0 aromatic carbocycles. The number of rotatable bonds is 4. The molecule has 18 heavy (non-hydrogen) atoms. The van der Waals surface area contributed by atoms with Gasteiger partial charge in [0.05, 0.1) is 10.9 Å². The van der Waals surface area contributed by atoms with E-state index in [1.165, 1.54) is 4.88 Å². The molecule has 1 aromatic heterocycles. The summed E-state index contributed by atoms with van der Waals surface area (Å²) < 4.78 is 0. The van der Waals surface area contributed by atoms with Gasteiger partial charge >= 0.3 is 5.97 Å². The van der Waals surface area contributed by atoms with Crippen LogP contribution in [-0.4, -0.2) is 34.0 Å². The molecule has 0 bridgehead atoms. The van der Waals surface area contributed by atoms with Crippen LogP contribution in [0.4, 0.5) is 0 Å². The number of likely N-dealkylation sites (tertiary alicyclic amines) is 1. The fraction of sp³-hybridized carbons (Fsp3) is 0.692. The Bertz CT molecular complexity index is 397. The minimum atomic E-state index is -0.630. The zero-order valence-electron chi connectivity index (χ0n) is 10.9. The Kier molecular flexibility index (Phi) is 4.02. The van der Waals surface area contributed by atoms with Crippen LogP contribution >= 0.6 is 11.3 Å². The molecule has 1 aromatic rings. The van der Waals surface area contributed by atoms with Gasteiger partial charge in [-0.1, -0.05) is 6.92 Å². The van der Waals surface area contributed by atoms with Crippen LogP contribution in [0.15, 0.2) is 11.7 Å². The molecule has 0 aliphatic carbocycles. The van der Waals surface area contributed by atoms with E-state index in [2.05, 4.69) is 16.8 Å². The fourth-order valence-electron chi connectivity index (χ4n) is 2.67. The predicted octanol–water partition coefficient (Wildman–Crippen LogP) is 2.78. The van der Waals surface area contributed by atoms with Crippen LogP contribution in [0.3, 0.4) is 0 Å². The Hall–Kier alpha value is -0.940. The highest BCUT2D eigenvalue weighted by molar-refractivity contribution is 7.09. The average molecular weight is 268 g/mol. The van der Waals surface area contributed by atoms with Crippen molar-refractivity contribution in [3.8, 4) is 0 Å². The Morgan fingerprint density at radius 1 is 1.61 bits per heavy atom. The standard InChI is InChI=1S/C13H20N2O2S/c1-3-13(12(16)17)4-6-15(7-5-13)10(2)11-8-14-9-18-11/h8-10H,3-7H2,1-2H3,(H,16,17). The lowest BCUT2D eigenvalue weighted by Gasteiger charge is -2.40. The summed E-state index contributed by atoms with van der Waals surface area (Å²) in [6.45, 7) is 5.88. The largest absolute Gasteiger partial charge is 0.481 e. The smallest absolute Gasteiger partial charge is 0.309 e. The molecule has 5 heteroatoms. The van der Waals surface area contributed by atoms with Gasteiger partial charge in [0.25, 0.3) is 0 Å². The minimum Gasteiger partial charge on any atom is -0.481 e. The first-order chi connectivity index (χ1) is 8.59. The highest BCUT2D eigenvalue weighted by atomic mass is 32.1. The minimum absolute atomic E-state index is 0.348. The van der Waals surface area contributed by atoms with Gasteiger partial charge in [0.1, 0.15) is 0 Å². The zero-order valence-corrected chi connectivity index (χ0v) is 11.7. The lowest BCUT2D eigenvalue weighted by atomic mass is 9.76. The summed E-state index contributed by atoms with van der Waals surface area (Å²) in [5, 5.41) is 9.37. The third-order valence-electron chi connectivity index (χ3n) is 4.30. The van der Waals surface area contributed by atoms with E-state index in [4.69, 9.17) is 0 Å². The summed E-state index contributed by atoms with van der Waals surface area (Å²) >= 11 is 1.67. The Morgan fingerprint density at radius 2 is 2.28 bits per heavy atom. The molecule has 2 rings (SSSR count). The second-order valence-electron chi connectivity index (χ2n) is 5.05. The maximum absolute atomic E-state index is 11.4. The van der Waals surface area contributed by atoms with Crippen molar-refractivity contribution in [3.63, 3.8) is 0 Å². The van der Waals surface area contributed by atoms with E-state index < -0.39 is 11.4 Å². The van der Waals surface area contributed by atoms with E-state index in [1.807, 2.05) is 18.6 Å². The first-order valence-corrected chi connectivity index (χ1v) is 7.33. The van der Waals surface area contributed by atoms with E-state index in [0.717, 1.165) is 32.4 Å². The van der Waals surface area contributed by atoms with Gasteiger partial charge in [-0.25, -0.2) is 0 Å². The number of carbonyl (C=O) groups is 1. The summed E-state index contributed by atoms with van der Waals surface area (Å²) in [7, 11) is 0. The van der Waals surface area contributed by atoms with E-state index >= 15 is 0 Å². The van der Waals surface area contributed by atoms with Gasteiger partial charge in [0.2, 0.25) is 0 Å². The van der Waals surface area contributed by atoms with Gasteiger partial charge in [-0.05, 0) is 39.3 Å². The maximum Gasteiger partial charge on any atom is 0.309 e. The quantitative estimate of drug-likeness (QED) is 0.912. The zero-order chi connectivity index (χ0) is 13.2. The molecule has 1 fully saturated rings. The number of thiazole rings is 1. The van der Waals surface area contributed by atoms with Gasteiger partial charge in [-0.3, -0.25) is 14.7 Å². The van der Waals surface area contributed by atoms with Crippen LogP contribution in [0.2, 0.25) is 0 Å². The van der Waals surface area contributed by atoms with Gasteiger partial charge in [0.15, 0.2) is 0 Å². The molecule has 0 saturated carbocycles. The lowest BCUT2D eigenvalue weighted by molar-refractivity contribution is -0.152. The molecule has 0 radical (unpaired) electrons.